The number of carbonyl (C=O) groups excluding carboxylic acids is 1. The van der Waals surface area contributed by atoms with Crippen LogP contribution in [0, 0.1) is 20.8 Å². The minimum atomic E-state index is -0.0455. The van der Waals surface area contributed by atoms with E-state index in [0.717, 1.165) is 40.5 Å². The number of aryl methyl sites for hydroxylation is 3. The van der Waals surface area contributed by atoms with Gasteiger partial charge in [-0.1, -0.05) is 0 Å². The molecule has 0 spiro atoms. The van der Waals surface area contributed by atoms with E-state index >= 15 is 0 Å². The molecule has 4 aromatic rings. The Labute approximate surface area is 161 Å². The van der Waals surface area contributed by atoms with Crippen LogP contribution in [0.25, 0.3) is 17.0 Å². The number of fused-ring (bicyclic) bond motifs is 2. The van der Waals surface area contributed by atoms with Gasteiger partial charge in [-0.3, -0.25) is 14.3 Å². The van der Waals surface area contributed by atoms with Crippen molar-refractivity contribution >= 4 is 11.7 Å². The lowest BCUT2D eigenvalue weighted by molar-refractivity contribution is 0.0726. The van der Waals surface area contributed by atoms with Gasteiger partial charge in [0.1, 0.15) is 22.9 Å². The number of imidazole rings is 1. The molecule has 1 aliphatic heterocycles. The van der Waals surface area contributed by atoms with Crippen molar-refractivity contribution in [2.24, 2.45) is 0 Å². The molecule has 0 aliphatic carbocycles. The summed E-state index contributed by atoms with van der Waals surface area (Å²) in [5.74, 6) is 2.17. The molecule has 0 saturated carbocycles. The van der Waals surface area contributed by atoms with Crippen molar-refractivity contribution in [1.29, 1.82) is 0 Å². The van der Waals surface area contributed by atoms with E-state index in [1.807, 2.05) is 37.9 Å². The number of hydrogen-bond acceptors (Lipinski definition) is 5. The van der Waals surface area contributed by atoms with Crippen molar-refractivity contribution in [3.63, 3.8) is 0 Å². The Morgan fingerprint density at radius 2 is 2.14 bits per heavy atom. The maximum atomic E-state index is 13.3. The average molecular weight is 376 g/mol. The number of nitrogens with zero attached hydrogens (tertiary/aromatic N) is 5. The maximum Gasteiger partial charge on any atom is 0.273 e. The number of aromatic nitrogens is 5. The molecular weight excluding hydrogens is 356 g/mol. The Balaban J connectivity index is 1.52. The van der Waals surface area contributed by atoms with Crippen LogP contribution < -0.4 is 0 Å². The van der Waals surface area contributed by atoms with E-state index in [-0.39, 0.29) is 5.91 Å². The molecule has 0 bridgehead atoms. The van der Waals surface area contributed by atoms with Crippen molar-refractivity contribution in [1.82, 2.24) is 29.5 Å². The largest absolute Gasteiger partial charge is 0.466 e. The fourth-order valence-electron chi connectivity index (χ4n) is 3.96. The van der Waals surface area contributed by atoms with Crippen LogP contribution >= 0.6 is 0 Å². The summed E-state index contributed by atoms with van der Waals surface area (Å²) >= 11 is 0. The first-order valence-electron chi connectivity index (χ1n) is 9.25. The molecule has 1 N–H and O–H groups in total. The van der Waals surface area contributed by atoms with Crippen LogP contribution in [0.2, 0.25) is 0 Å². The lowest BCUT2D eigenvalue weighted by Gasteiger charge is -2.27. The minimum absolute atomic E-state index is 0.0455. The average Bonchev–Trinajstić information content (AvgIpc) is 3.34. The van der Waals surface area contributed by atoms with Crippen molar-refractivity contribution < 1.29 is 9.21 Å². The van der Waals surface area contributed by atoms with E-state index in [2.05, 4.69) is 20.2 Å². The van der Waals surface area contributed by atoms with Crippen LogP contribution in [-0.4, -0.2) is 41.9 Å². The van der Waals surface area contributed by atoms with Crippen molar-refractivity contribution in [2.45, 2.75) is 33.7 Å². The zero-order valence-corrected chi connectivity index (χ0v) is 16.0. The number of nitrogens with one attached hydrogen (secondary N) is 1. The highest BCUT2D eigenvalue weighted by atomic mass is 16.3. The number of aromatic amines is 1. The second-order valence-corrected chi connectivity index (χ2v) is 7.17. The molecule has 0 saturated heterocycles. The quantitative estimate of drug-likeness (QED) is 0.581. The van der Waals surface area contributed by atoms with E-state index in [0.29, 0.717) is 30.3 Å². The molecule has 4 aromatic heterocycles. The van der Waals surface area contributed by atoms with E-state index in [1.54, 1.807) is 16.7 Å². The van der Waals surface area contributed by atoms with Gasteiger partial charge in [-0.05, 0) is 32.9 Å². The highest BCUT2D eigenvalue weighted by Gasteiger charge is 2.30. The fourth-order valence-corrected chi connectivity index (χ4v) is 3.96. The number of carbonyl (C=O) groups is 1. The molecule has 0 unspecified atom stereocenters. The van der Waals surface area contributed by atoms with Gasteiger partial charge in [0.25, 0.3) is 5.91 Å². The third kappa shape index (κ3) is 2.45. The Kier molecular flexibility index (Phi) is 3.61. The predicted octanol–water partition coefficient (Wildman–Crippen LogP) is 2.84. The van der Waals surface area contributed by atoms with E-state index in [4.69, 9.17) is 4.42 Å². The van der Waals surface area contributed by atoms with Gasteiger partial charge in [-0.2, -0.15) is 5.10 Å². The Hall–Kier alpha value is -3.42. The highest BCUT2D eigenvalue weighted by Crippen LogP contribution is 2.32. The number of H-pyrrole nitrogens is 1. The molecule has 0 aromatic carbocycles. The standard InChI is InChI=1S/C20H20N6O2/c1-11-9-14(13(3)28-11)17-15-10-25(8-5-16(15)23-24-17)19(27)18-12(2)22-20-21-6-4-7-26(18)20/h4,6-7,9H,5,8,10H2,1-3H3,(H,23,24). The van der Waals surface area contributed by atoms with Crippen molar-refractivity contribution in [3.8, 4) is 11.3 Å². The number of amides is 1. The van der Waals surface area contributed by atoms with Crippen LogP contribution in [0.15, 0.2) is 28.9 Å². The van der Waals surface area contributed by atoms with Gasteiger partial charge in [0, 0.05) is 42.2 Å². The molecule has 1 amide bonds. The number of hydrogen-bond donors (Lipinski definition) is 1. The summed E-state index contributed by atoms with van der Waals surface area (Å²) in [6, 6.07) is 3.80. The molecule has 142 valence electrons. The van der Waals surface area contributed by atoms with E-state index in [1.165, 1.54) is 0 Å². The van der Waals surface area contributed by atoms with Crippen molar-refractivity contribution in [2.75, 3.05) is 6.54 Å². The molecule has 0 fully saturated rings. The summed E-state index contributed by atoms with van der Waals surface area (Å²) in [6.45, 7) is 6.83. The number of rotatable bonds is 2. The minimum Gasteiger partial charge on any atom is -0.466 e. The topological polar surface area (TPSA) is 92.3 Å². The van der Waals surface area contributed by atoms with Crippen molar-refractivity contribution in [3.05, 3.63) is 58.7 Å². The van der Waals surface area contributed by atoms with Gasteiger partial charge in [0.05, 0.1) is 12.2 Å². The number of furan rings is 1. The van der Waals surface area contributed by atoms with Gasteiger partial charge >= 0.3 is 0 Å². The molecule has 1 aliphatic rings. The van der Waals surface area contributed by atoms with Crippen LogP contribution in [0.4, 0.5) is 0 Å². The first kappa shape index (κ1) is 16.7. The molecular formula is C20H20N6O2. The maximum absolute atomic E-state index is 13.3. The molecule has 5 rings (SSSR count). The Morgan fingerprint density at radius 1 is 1.29 bits per heavy atom. The van der Waals surface area contributed by atoms with Crippen LogP contribution in [0.5, 0.6) is 0 Å². The zero-order valence-electron chi connectivity index (χ0n) is 16.0. The zero-order chi connectivity index (χ0) is 19.4. The summed E-state index contributed by atoms with van der Waals surface area (Å²) in [5, 5.41) is 7.65. The third-order valence-corrected chi connectivity index (χ3v) is 5.30. The molecule has 8 nitrogen and oxygen atoms in total. The van der Waals surface area contributed by atoms with Gasteiger partial charge in [0.2, 0.25) is 5.78 Å². The summed E-state index contributed by atoms with van der Waals surface area (Å²) in [7, 11) is 0. The summed E-state index contributed by atoms with van der Waals surface area (Å²) in [4.78, 5) is 23.8. The molecule has 8 heteroatoms. The summed E-state index contributed by atoms with van der Waals surface area (Å²) < 4.78 is 7.43. The van der Waals surface area contributed by atoms with E-state index < -0.39 is 0 Å². The predicted molar refractivity (Wildman–Crippen MR) is 102 cm³/mol. The van der Waals surface area contributed by atoms with Gasteiger partial charge in [0.15, 0.2) is 0 Å². The lowest BCUT2D eigenvalue weighted by Crippen LogP contribution is -2.36. The Bertz CT molecular complexity index is 1210. The smallest absolute Gasteiger partial charge is 0.273 e. The van der Waals surface area contributed by atoms with Crippen LogP contribution in [0.3, 0.4) is 0 Å². The molecule has 0 atom stereocenters. The van der Waals surface area contributed by atoms with Crippen LogP contribution in [0.1, 0.15) is 39.0 Å². The first-order chi connectivity index (χ1) is 13.5. The third-order valence-electron chi connectivity index (χ3n) is 5.30. The molecule has 5 heterocycles. The lowest BCUT2D eigenvalue weighted by atomic mass is 10.0. The van der Waals surface area contributed by atoms with Gasteiger partial charge < -0.3 is 9.32 Å². The Morgan fingerprint density at radius 3 is 2.93 bits per heavy atom. The second kappa shape index (κ2) is 6.05. The monoisotopic (exact) mass is 376 g/mol. The summed E-state index contributed by atoms with van der Waals surface area (Å²) in [6.07, 6.45) is 4.24. The highest BCUT2D eigenvalue weighted by molar-refractivity contribution is 5.94. The molecule has 0 radical (unpaired) electrons. The second-order valence-electron chi connectivity index (χ2n) is 7.17. The fraction of sp³-hybridized carbons (Fsp3) is 0.300. The van der Waals surface area contributed by atoms with Gasteiger partial charge in [-0.15, -0.1) is 0 Å². The van der Waals surface area contributed by atoms with Gasteiger partial charge in [-0.25, -0.2) is 9.97 Å². The van der Waals surface area contributed by atoms with E-state index in [9.17, 15) is 4.79 Å². The first-order valence-corrected chi connectivity index (χ1v) is 9.25. The van der Waals surface area contributed by atoms with Crippen LogP contribution in [-0.2, 0) is 13.0 Å². The summed E-state index contributed by atoms with van der Waals surface area (Å²) in [5.41, 5.74) is 5.20. The normalized spacial score (nSPS) is 13.9. The molecule has 28 heavy (non-hydrogen) atoms. The SMILES string of the molecule is Cc1cc(-c2n[nH]c3c2CN(C(=O)c2c(C)nc4ncccn24)CC3)c(C)o1.